The molecule has 0 aromatic carbocycles. The third-order valence-corrected chi connectivity index (χ3v) is 2.77. The summed E-state index contributed by atoms with van der Waals surface area (Å²) < 4.78 is 10.8. The molecular weight excluding hydrogens is 250 g/mol. The van der Waals surface area contributed by atoms with Crippen LogP contribution in [-0.4, -0.2) is 40.9 Å². The molecular formula is C12H13N3O4. The fourth-order valence-corrected chi connectivity index (χ4v) is 1.92. The van der Waals surface area contributed by atoms with Crippen molar-refractivity contribution in [3.8, 4) is 0 Å². The summed E-state index contributed by atoms with van der Waals surface area (Å²) in [5.74, 6) is -1.17. The van der Waals surface area contributed by atoms with Crippen LogP contribution in [0, 0.1) is 6.92 Å². The van der Waals surface area contributed by atoms with Gasteiger partial charge in [0.15, 0.2) is 11.3 Å². The fourth-order valence-electron chi connectivity index (χ4n) is 1.92. The average molecular weight is 263 g/mol. The fraction of sp³-hybridized carbons (Fsp3) is 0.333. The largest absolute Gasteiger partial charge is 0.465 e. The minimum Gasteiger partial charge on any atom is -0.465 e. The first-order valence-electron chi connectivity index (χ1n) is 5.50. The number of pyridine rings is 1. The second kappa shape index (κ2) is 4.68. The van der Waals surface area contributed by atoms with Crippen molar-refractivity contribution in [1.82, 2.24) is 14.8 Å². The summed E-state index contributed by atoms with van der Waals surface area (Å²) in [5, 5.41) is 4.76. The summed E-state index contributed by atoms with van der Waals surface area (Å²) in [7, 11) is 4.21. The minimum atomic E-state index is -0.620. The van der Waals surface area contributed by atoms with Crippen molar-refractivity contribution >= 4 is 23.0 Å². The van der Waals surface area contributed by atoms with Gasteiger partial charge in [-0.1, -0.05) is 0 Å². The third kappa shape index (κ3) is 2.03. The van der Waals surface area contributed by atoms with Gasteiger partial charge in [0.05, 0.1) is 30.9 Å². The van der Waals surface area contributed by atoms with Crippen molar-refractivity contribution in [2.45, 2.75) is 6.92 Å². The topological polar surface area (TPSA) is 83.3 Å². The number of rotatable bonds is 2. The standard InChI is InChI=1S/C12H13N3O4/c1-6-9-7(11(16)18-3)5-8(12(17)19-4)13-10(9)15(2)14-6/h5H,1-4H3. The van der Waals surface area contributed by atoms with Gasteiger partial charge >= 0.3 is 11.9 Å². The van der Waals surface area contributed by atoms with Gasteiger partial charge in [0.2, 0.25) is 0 Å². The van der Waals surface area contributed by atoms with Crippen LogP contribution in [0.25, 0.3) is 11.0 Å². The van der Waals surface area contributed by atoms with Crippen LogP contribution in [-0.2, 0) is 16.5 Å². The number of hydrogen-bond acceptors (Lipinski definition) is 6. The molecule has 7 heteroatoms. The number of carbonyl (C=O) groups excluding carboxylic acids is 2. The molecule has 2 aromatic rings. The number of hydrogen-bond donors (Lipinski definition) is 0. The molecule has 0 unspecified atom stereocenters. The first kappa shape index (κ1) is 13.0. The van der Waals surface area contributed by atoms with Gasteiger partial charge < -0.3 is 9.47 Å². The molecule has 0 aliphatic rings. The molecule has 0 spiro atoms. The van der Waals surface area contributed by atoms with Crippen LogP contribution < -0.4 is 0 Å². The maximum Gasteiger partial charge on any atom is 0.356 e. The summed E-state index contributed by atoms with van der Waals surface area (Å²) in [4.78, 5) is 27.5. The van der Waals surface area contributed by atoms with Crippen LogP contribution in [0.2, 0.25) is 0 Å². The average Bonchev–Trinajstić information content (AvgIpc) is 2.71. The summed E-state index contributed by atoms with van der Waals surface area (Å²) in [6.07, 6.45) is 0. The van der Waals surface area contributed by atoms with E-state index in [9.17, 15) is 9.59 Å². The van der Waals surface area contributed by atoms with Gasteiger partial charge in [0, 0.05) is 7.05 Å². The highest BCUT2D eigenvalue weighted by molar-refractivity contribution is 6.06. The highest BCUT2D eigenvalue weighted by Crippen LogP contribution is 2.22. The molecule has 0 saturated carbocycles. The van der Waals surface area contributed by atoms with E-state index >= 15 is 0 Å². The molecule has 0 amide bonds. The SMILES string of the molecule is COC(=O)c1cc(C(=O)OC)c2c(C)nn(C)c2n1. The highest BCUT2D eigenvalue weighted by Gasteiger charge is 2.21. The molecule has 2 rings (SSSR count). The van der Waals surface area contributed by atoms with Gasteiger partial charge in [0.25, 0.3) is 0 Å². The van der Waals surface area contributed by atoms with Crippen molar-refractivity contribution in [3.05, 3.63) is 23.0 Å². The van der Waals surface area contributed by atoms with Crippen molar-refractivity contribution in [1.29, 1.82) is 0 Å². The van der Waals surface area contributed by atoms with Crippen LogP contribution in [0.4, 0.5) is 0 Å². The maximum absolute atomic E-state index is 11.8. The lowest BCUT2D eigenvalue weighted by Crippen LogP contribution is -2.10. The van der Waals surface area contributed by atoms with E-state index in [0.717, 1.165) is 0 Å². The van der Waals surface area contributed by atoms with E-state index in [4.69, 9.17) is 4.74 Å². The Morgan fingerprint density at radius 2 is 1.84 bits per heavy atom. The van der Waals surface area contributed by atoms with Crippen molar-refractivity contribution in [2.75, 3.05) is 14.2 Å². The van der Waals surface area contributed by atoms with Gasteiger partial charge in [-0.15, -0.1) is 0 Å². The molecule has 7 nitrogen and oxygen atoms in total. The zero-order valence-electron chi connectivity index (χ0n) is 11.1. The Bertz CT molecular complexity index is 675. The molecule has 0 fully saturated rings. The molecule has 0 bridgehead atoms. The summed E-state index contributed by atoms with van der Waals surface area (Å²) in [5.41, 5.74) is 1.36. The molecule has 0 aliphatic carbocycles. The number of fused-ring (bicyclic) bond motifs is 1. The van der Waals surface area contributed by atoms with E-state index in [2.05, 4.69) is 14.8 Å². The quantitative estimate of drug-likeness (QED) is 0.747. The molecule has 0 atom stereocenters. The van der Waals surface area contributed by atoms with Crippen molar-refractivity contribution < 1.29 is 19.1 Å². The molecule has 2 heterocycles. The molecule has 100 valence electrons. The van der Waals surface area contributed by atoms with Crippen molar-refractivity contribution in [2.24, 2.45) is 7.05 Å². The molecule has 0 N–H and O–H groups in total. The Hall–Kier alpha value is -2.44. The van der Waals surface area contributed by atoms with Crippen LogP contribution in [0.15, 0.2) is 6.07 Å². The molecule has 19 heavy (non-hydrogen) atoms. The van der Waals surface area contributed by atoms with Gasteiger partial charge in [-0.2, -0.15) is 5.10 Å². The number of ether oxygens (including phenoxy) is 2. The first-order chi connectivity index (χ1) is 8.99. The van der Waals surface area contributed by atoms with E-state index in [0.29, 0.717) is 16.7 Å². The lowest BCUT2D eigenvalue weighted by molar-refractivity contribution is 0.0594. The number of carbonyl (C=O) groups is 2. The number of esters is 2. The second-order valence-corrected chi connectivity index (χ2v) is 3.95. The second-order valence-electron chi connectivity index (χ2n) is 3.95. The Balaban J connectivity index is 2.82. The number of aryl methyl sites for hydroxylation is 2. The Kier molecular flexibility index (Phi) is 3.20. The Morgan fingerprint density at radius 3 is 2.42 bits per heavy atom. The highest BCUT2D eigenvalue weighted by atomic mass is 16.5. The smallest absolute Gasteiger partial charge is 0.356 e. The van der Waals surface area contributed by atoms with Crippen LogP contribution in [0.5, 0.6) is 0 Å². The summed E-state index contributed by atoms with van der Waals surface area (Å²) >= 11 is 0. The monoisotopic (exact) mass is 263 g/mol. The Morgan fingerprint density at radius 1 is 1.21 bits per heavy atom. The van der Waals surface area contributed by atoms with E-state index < -0.39 is 11.9 Å². The lowest BCUT2D eigenvalue weighted by Gasteiger charge is -2.05. The zero-order chi connectivity index (χ0) is 14.2. The van der Waals surface area contributed by atoms with E-state index in [-0.39, 0.29) is 11.3 Å². The van der Waals surface area contributed by atoms with Crippen LogP contribution >= 0.6 is 0 Å². The van der Waals surface area contributed by atoms with Crippen LogP contribution in [0.3, 0.4) is 0 Å². The van der Waals surface area contributed by atoms with E-state index in [1.54, 1.807) is 14.0 Å². The third-order valence-electron chi connectivity index (χ3n) is 2.77. The summed E-state index contributed by atoms with van der Waals surface area (Å²) in [6.45, 7) is 1.76. The van der Waals surface area contributed by atoms with Crippen molar-refractivity contribution in [3.63, 3.8) is 0 Å². The Labute approximate surface area is 109 Å². The predicted octanol–water partition coefficient (Wildman–Crippen LogP) is 0.850. The summed E-state index contributed by atoms with van der Waals surface area (Å²) in [6, 6.07) is 1.36. The zero-order valence-corrected chi connectivity index (χ0v) is 11.1. The number of methoxy groups -OCH3 is 2. The maximum atomic E-state index is 11.8. The van der Waals surface area contributed by atoms with E-state index in [1.165, 1.54) is 25.0 Å². The van der Waals surface area contributed by atoms with Gasteiger partial charge in [-0.25, -0.2) is 14.6 Å². The van der Waals surface area contributed by atoms with Crippen LogP contribution in [0.1, 0.15) is 26.5 Å². The van der Waals surface area contributed by atoms with Gasteiger partial charge in [0.1, 0.15) is 0 Å². The van der Waals surface area contributed by atoms with Gasteiger partial charge in [-0.3, -0.25) is 4.68 Å². The predicted molar refractivity (Wildman–Crippen MR) is 65.9 cm³/mol. The lowest BCUT2D eigenvalue weighted by atomic mass is 10.1. The molecule has 2 aromatic heterocycles. The molecule has 0 radical (unpaired) electrons. The number of aromatic nitrogens is 3. The molecule has 0 saturated heterocycles. The first-order valence-corrected chi connectivity index (χ1v) is 5.50. The normalized spacial score (nSPS) is 10.5. The minimum absolute atomic E-state index is 0.0402. The molecule has 0 aliphatic heterocycles. The van der Waals surface area contributed by atoms with E-state index in [1.807, 2.05) is 0 Å². The number of nitrogens with zero attached hydrogens (tertiary/aromatic N) is 3. The van der Waals surface area contributed by atoms with Gasteiger partial charge in [-0.05, 0) is 13.0 Å².